The minimum Gasteiger partial charge on any atom is -0.456 e. The molecule has 0 bridgehead atoms. The maximum atomic E-state index is 9.64. The number of nitrogens with zero attached hydrogens (tertiary/aromatic N) is 1. The minimum absolute atomic E-state index is 0.646. The van der Waals surface area contributed by atoms with Crippen LogP contribution in [-0.2, 0) is 0 Å². The molecule has 2 heterocycles. The summed E-state index contributed by atoms with van der Waals surface area (Å²) in [6, 6.07) is 46.7. The van der Waals surface area contributed by atoms with Crippen LogP contribution in [0.3, 0.4) is 0 Å². The van der Waals surface area contributed by atoms with Crippen molar-refractivity contribution in [1.29, 1.82) is 5.26 Å². The van der Waals surface area contributed by atoms with Crippen molar-refractivity contribution >= 4 is 53.4 Å². The van der Waals surface area contributed by atoms with Gasteiger partial charge in [0.05, 0.1) is 11.6 Å². The summed E-state index contributed by atoms with van der Waals surface area (Å²) in [5.74, 6) is 0. The largest absolute Gasteiger partial charge is 0.456 e. The quantitative estimate of drug-likeness (QED) is 0.229. The first kappa shape index (κ1) is 22.8. The molecule has 0 radical (unpaired) electrons. The van der Waals surface area contributed by atoms with Gasteiger partial charge in [-0.2, -0.15) is 5.26 Å². The van der Waals surface area contributed by atoms with Gasteiger partial charge in [0.15, 0.2) is 0 Å². The monoisotopic (exact) mass is 527 g/mol. The summed E-state index contributed by atoms with van der Waals surface area (Å²) in [5, 5.41) is 14.5. The van der Waals surface area contributed by atoms with Crippen molar-refractivity contribution in [3.05, 3.63) is 133 Å². The lowest BCUT2D eigenvalue weighted by Crippen LogP contribution is -1.89. The van der Waals surface area contributed by atoms with Gasteiger partial charge in [0.2, 0.25) is 0 Å². The van der Waals surface area contributed by atoms with Crippen molar-refractivity contribution in [3.8, 4) is 39.4 Å². The van der Waals surface area contributed by atoms with Crippen LogP contribution in [0.25, 0.3) is 75.5 Å². The van der Waals surface area contributed by atoms with E-state index in [9.17, 15) is 5.26 Å². The van der Waals surface area contributed by atoms with Crippen LogP contribution in [0, 0.1) is 11.3 Å². The fraction of sp³-hybridized carbons (Fsp3) is 0. The zero-order valence-corrected chi connectivity index (χ0v) is 22.2. The SMILES string of the molecule is N#Cc1cccc(-c2cc(-c3cccc4c3sc3ccccc34)ccc2-c2ccc3c(c2)oc2ccccc23)c1. The van der Waals surface area contributed by atoms with E-state index >= 15 is 0 Å². The fourth-order valence-electron chi connectivity index (χ4n) is 5.83. The number of hydrogen-bond donors (Lipinski definition) is 0. The summed E-state index contributed by atoms with van der Waals surface area (Å²) in [4.78, 5) is 0. The highest BCUT2D eigenvalue weighted by atomic mass is 32.1. The van der Waals surface area contributed by atoms with Crippen LogP contribution in [-0.4, -0.2) is 0 Å². The average molecular weight is 528 g/mol. The molecule has 2 nitrogen and oxygen atoms in total. The Bertz CT molecular complexity index is 2300. The first-order valence-electron chi connectivity index (χ1n) is 13.2. The predicted molar refractivity (Wildman–Crippen MR) is 168 cm³/mol. The zero-order valence-electron chi connectivity index (χ0n) is 21.4. The van der Waals surface area contributed by atoms with Crippen LogP contribution >= 0.6 is 11.3 Å². The molecule has 0 fully saturated rings. The van der Waals surface area contributed by atoms with Crippen molar-refractivity contribution in [2.75, 3.05) is 0 Å². The van der Waals surface area contributed by atoms with Crippen molar-refractivity contribution in [1.82, 2.24) is 0 Å². The molecule has 0 aliphatic rings. The Morgan fingerprint density at radius 1 is 0.500 bits per heavy atom. The zero-order chi connectivity index (χ0) is 26.6. The van der Waals surface area contributed by atoms with E-state index in [2.05, 4.69) is 97.1 Å². The highest BCUT2D eigenvalue weighted by molar-refractivity contribution is 7.26. The molecule has 6 aromatic carbocycles. The van der Waals surface area contributed by atoms with Gasteiger partial charge in [0.25, 0.3) is 0 Å². The second-order valence-electron chi connectivity index (χ2n) is 10.0. The Morgan fingerprint density at radius 3 is 2.15 bits per heavy atom. The number of furan rings is 1. The van der Waals surface area contributed by atoms with Gasteiger partial charge in [-0.25, -0.2) is 0 Å². The molecular formula is C37H21NOS. The Balaban J connectivity index is 1.36. The lowest BCUT2D eigenvalue weighted by atomic mass is 9.90. The van der Waals surface area contributed by atoms with E-state index in [4.69, 9.17) is 4.42 Å². The Kier molecular flexibility index (Phi) is 5.10. The van der Waals surface area contributed by atoms with Gasteiger partial charge >= 0.3 is 0 Å². The van der Waals surface area contributed by atoms with Crippen LogP contribution in [0.5, 0.6) is 0 Å². The maximum Gasteiger partial charge on any atom is 0.136 e. The van der Waals surface area contributed by atoms with Gasteiger partial charge < -0.3 is 4.42 Å². The number of fused-ring (bicyclic) bond motifs is 6. The van der Waals surface area contributed by atoms with Crippen molar-refractivity contribution < 1.29 is 4.42 Å². The smallest absolute Gasteiger partial charge is 0.136 e. The summed E-state index contributed by atoms with van der Waals surface area (Å²) >= 11 is 1.84. The molecule has 0 N–H and O–H groups in total. The minimum atomic E-state index is 0.646. The van der Waals surface area contributed by atoms with E-state index in [1.54, 1.807) is 0 Å². The molecule has 3 heteroatoms. The Hall–Kier alpha value is -5.17. The Morgan fingerprint density at radius 2 is 1.23 bits per heavy atom. The van der Waals surface area contributed by atoms with Gasteiger partial charge in [-0.05, 0) is 75.8 Å². The fourth-order valence-corrected chi connectivity index (χ4v) is 7.06. The number of thiophene rings is 1. The van der Waals surface area contributed by atoms with E-state index in [1.165, 1.54) is 25.7 Å². The van der Waals surface area contributed by atoms with E-state index in [1.807, 2.05) is 47.7 Å². The van der Waals surface area contributed by atoms with E-state index in [0.717, 1.165) is 49.8 Å². The van der Waals surface area contributed by atoms with Crippen LogP contribution in [0.15, 0.2) is 132 Å². The molecule has 0 saturated heterocycles. The van der Waals surface area contributed by atoms with Crippen molar-refractivity contribution in [3.63, 3.8) is 0 Å². The molecule has 0 aliphatic heterocycles. The maximum absolute atomic E-state index is 9.64. The molecule has 0 amide bonds. The van der Waals surface area contributed by atoms with Crippen LogP contribution in [0.2, 0.25) is 0 Å². The van der Waals surface area contributed by atoms with E-state index in [0.29, 0.717) is 5.56 Å². The molecule has 0 saturated carbocycles. The molecule has 186 valence electrons. The lowest BCUT2D eigenvalue weighted by molar-refractivity contribution is 0.669. The van der Waals surface area contributed by atoms with Gasteiger partial charge in [0, 0.05) is 30.9 Å². The van der Waals surface area contributed by atoms with Gasteiger partial charge in [-0.1, -0.05) is 84.9 Å². The molecule has 8 aromatic rings. The first-order valence-corrected chi connectivity index (χ1v) is 14.1. The molecule has 0 atom stereocenters. The van der Waals surface area contributed by atoms with Gasteiger partial charge in [-0.3, -0.25) is 0 Å². The molecule has 0 aliphatic carbocycles. The van der Waals surface area contributed by atoms with Crippen molar-refractivity contribution in [2.24, 2.45) is 0 Å². The second kappa shape index (κ2) is 8.95. The molecule has 40 heavy (non-hydrogen) atoms. The highest BCUT2D eigenvalue weighted by Gasteiger charge is 2.16. The average Bonchev–Trinajstić information content (AvgIpc) is 3.59. The number of para-hydroxylation sites is 1. The summed E-state index contributed by atoms with van der Waals surface area (Å²) in [7, 11) is 0. The van der Waals surface area contributed by atoms with E-state index in [-0.39, 0.29) is 0 Å². The standard InChI is InChI=1S/C37H21NOS/c38-22-23-7-5-8-24(19-23)33-20-25(28-11-6-12-32-31-10-2-4-14-36(31)40-37(28)32)15-17-27(33)26-16-18-30-29-9-1-3-13-34(29)39-35(30)21-26/h1-21H. The van der Waals surface area contributed by atoms with E-state index < -0.39 is 0 Å². The van der Waals surface area contributed by atoms with Crippen LogP contribution < -0.4 is 0 Å². The number of rotatable bonds is 3. The molecule has 2 aromatic heterocycles. The topological polar surface area (TPSA) is 36.9 Å². The third kappa shape index (κ3) is 3.55. The summed E-state index contributed by atoms with van der Waals surface area (Å²) in [6.07, 6.45) is 0. The third-order valence-electron chi connectivity index (χ3n) is 7.73. The molecule has 8 rings (SSSR count). The van der Waals surface area contributed by atoms with Crippen molar-refractivity contribution in [2.45, 2.75) is 0 Å². The van der Waals surface area contributed by atoms with Crippen LogP contribution in [0.1, 0.15) is 5.56 Å². The molecule has 0 unspecified atom stereocenters. The Labute approximate surface area is 235 Å². The van der Waals surface area contributed by atoms with Gasteiger partial charge in [0.1, 0.15) is 11.2 Å². The summed E-state index contributed by atoms with van der Waals surface area (Å²) in [5.41, 5.74) is 9.07. The summed E-state index contributed by atoms with van der Waals surface area (Å²) < 4.78 is 8.81. The first-order chi connectivity index (χ1) is 19.8. The number of nitriles is 1. The molecular weight excluding hydrogens is 506 g/mol. The van der Waals surface area contributed by atoms with Crippen LogP contribution in [0.4, 0.5) is 0 Å². The highest BCUT2D eigenvalue weighted by Crippen LogP contribution is 2.43. The summed E-state index contributed by atoms with van der Waals surface area (Å²) in [6.45, 7) is 0. The lowest BCUT2D eigenvalue weighted by Gasteiger charge is -2.14. The molecule has 0 spiro atoms. The normalized spacial score (nSPS) is 11.5. The number of hydrogen-bond acceptors (Lipinski definition) is 3. The third-order valence-corrected chi connectivity index (χ3v) is 8.95. The van der Waals surface area contributed by atoms with Gasteiger partial charge in [-0.15, -0.1) is 11.3 Å². The number of benzene rings is 6. The predicted octanol–water partition coefficient (Wildman–Crippen LogP) is 10.8. The second-order valence-corrected chi connectivity index (χ2v) is 11.1.